The minimum Gasteiger partial charge on any atom is -0.497 e. The van der Waals surface area contributed by atoms with Crippen LogP contribution in [0.3, 0.4) is 0 Å². The molecule has 0 N–H and O–H groups in total. The van der Waals surface area contributed by atoms with Crippen LogP contribution < -0.4 is 15.0 Å². The summed E-state index contributed by atoms with van der Waals surface area (Å²) in [4.78, 5) is 14.4. The molecule has 0 saturated carbocycles. The number of aryl methyl sites for hydroxylation is 1. The van der Waals surface area contributed by atoms with Crippen LogP contribution in [0.5, 0.6) is 11.5 Å². The molecular weight excluding hydrogens is 762 g/mol. The van der Waals surface area contributed by atoms with Crippen molar-refractivity contribution < 1.29 is 28.0 Å². The number of aromatic nitrogens is 1. The Bertz CT molecular complexity index is 2270. The van der Waals surface area contributed by atoms with Crippen molar-refractivity contribution in [1.82, 2.24) is 9.24 Å². The standard InChI is InChI=1S/C48H54N3O7P/c1-9-15-36-31-50(47(52)46-35(6)16-13-19-42(36)46)45-30-43(58-59(56-29-14-28-49)51(33(2)3)34(4)5)44(57-45)32-55-48(37-17-11-10-12-18-37,38-20-24-40(53-7)25-21-38)39-22-26-41(54-8)27-23-39/h10-13,16-27,31,33-34,43-45H,14,29-30,32H2,1-8H3/t43-,44+,45+,59?/m0/s1. The van der Waals surface area contributed by atoms with E-state index in [4.69, 9.17) is 28.0 Å². The van der Waals surface area contributed by atoms with Gasteiger partial charge in [-0.1, -0.05) is 78.7 Å². The highest BCUT2D eigenvalue weighted by Gasteiger charge is 2.45. The van der Waals surface area contributed by atoms with Crippen LogP contribution in [0, 0.1) is 30.1 Å². The Kier molecular flexibility index (Phi) is 14.6. The molecular formula is C48H54N3O7P. The number of nitriles is 1. The fraction of sp³-hybridized carbons (Fsp3) is 0.375. The van der Waals surface area contributed by atoms with Gasteiger partial charge in [-0.2, -0.15) is 5.26 Å². The number of nitrogens with zero attached hydrogens (tertiary/aromatic N) is 3. The van der Waals surface area contributed by atoms with E-state index >= 15 is 0 Å². The SMILES string of the molecule is CC#Cc1cn([C@H]2C[C@H](OP(OCCC#N)N(C(C)C)C(C)C)[C@@H](COC(c3ccccc3)(c3ccc(OC)cc3)c3ccc(OC)cc3)O2)c(=O)c2c(C)cccc12. The molecule has 0 radical (unpaired) electrons. The minimum absolute atomic E-state index is 0.0713. The molecule has 4 aromatic carbocycles. The average Bonchev–Trinajstić information content (AvgIpc) is 3.64. The third kappa shape index (κ3) is 9.40. The molecule has 6 rings (SSSR count). The van der Waals surface area contributed by atoms with Crippen LogP contribution in [0.1, 0.15) is 81.5 Å². The summed E-state index contributed by atoms with van der Waals surface area (Å²) < 4.78 is 42.8. The van der Waals surface area contributed by atoms with Crippen LogP contribution >= 0.6 is 8.53 Å². The monoisotopic (exact) mass is 815 g/mol. The van der Waals surface area contributed by atoms with Crippen LogP contribution in [0.2, 0.25) is 0 Å². The molecule has 1 aromatic heterocycles. The molecule has 1 aliphatic rings. The van der Waals surface area contributed by atoms with Crippen molar-refractivity contribution in [3.63, 3.8) is 0 Å². The van der Waals surface area contributed by atoms with Crippen LogP contribution in [-0.4, -0.2) is 61.0 Å². The van der Waals surface area contributed by atoms with Crippen LogP contribution in [-0.2, 0) is 24.1 Å². The van der Waals surface area contributed by atoms with Gasteiger partial charge in [0, 0.05) is 35.7 Å². The molecule has 59 heavy (non-hydrogen) atoms. The molecule has 0 aliphatic carbocycles. The Morgan fingerprint density at radius 1 is 0.881 bits per heavy atom. The number of hydrogen-bond acceptors (Lipinski definition) is 9. The highest BCUT2D eigenvalue weighted by atomic mass is 31.2. The van der Waals surface area contributed by atoms with Crippen molar-refractivity contribution >= 4 is 19.3 Å². The summed E-state index contributed by atoms with van der Waals surface area (Å²) in [5.41, 5.74) is 2.96. The molecule has 1 fully saturated rings. The van der Waals surface area contributed by atoms with E-state index in [1.807, 2.05) is 91.9 Å². The van der Waals surface area contributed by atoms with Crippen molar-refractivity contribution in [3.05, 3.63) is 141 Å². The zero-order valence-electron chi connectivity index (χ0n) is 35.2. The average molecular weight is 816 g/mol. The van der Waals surface area contributed by atoms with Gasteiger partial charge in [0.2, 0.25) is 0 Å². The topological polar surface area (TPSA) is 104 Å². The lowest BCUT2D eigenvalue weighted by Gasteiger charge is -2.39. The number of benzene rings is 4. The molecule has 1 unspecified atom stereocenters. The fourth-order valence-corrected chi connectivity index (χ4v) is 9.60. The Morgan fingerprint density at radius 3 is 2.05 bits per heavy atom. The van der Waals surface area contributed by atoms with Gasteiger partial charge in [0.1, 0.15) is 29.4 Å². The van der Waals surface area contributed by atoms with Crippen molar-refractivity contribution in [1.29, 1.82) is 5.26 Å². The second-order valence-electron chi connectivity index (χ2n) is 15.0. The normalized spacial score (nSPS) is 17.2. The van der Waals surface area contributed by atoms with Gasteiger partial charge in [-0.3, -0.25) is 9.36 Å². The number of rotatable bonds is 17. The lowest BCUT2D eigenvalue weighted by molar-refractivity contribution is -0.0922. The largest absolute Gasteiger partial charge is 0.497 e. The van der Waals surface area contributed by atoms with Gasteiger partial charge in [0.05, 0.1) is 51.4 Å². The molecule has 0 amide bonds. The van der Waals surface area contributed by atoms with Gasteiger partial charge in [0.15, 0.2) is 0 Å². The molecule has 0 spiro atoms. The predicted octanol–water partition coefficient (Wildman–Crippen LogP) is 9.66. The first-order chi connectivity index (χ1) is 28.6. The second kappa shape index (κ2) is 19.8. The molecule has 308 valence electrons. The fourth-order valence-electron chi connectivity index (χ4n) is 7.84. The molecule has 0 bridgehead atoms. The molecule has 1 aliphatic heterocycles. The Labute approximate surface area is 349 Å². The van der Waals surface area contributed by atoms with Crippen molar-refractivity contribution in [2.45, 2.75) is 90.5 Å². The first kappa shape index (κ1) is 43.5. The summed E-state index contributed by atoms with van der Waals surface area (Å²) in [6.45, 7) is 12.4. The summed E-state index contributed by atoms with van der Waals surface area (Å²) >= 11 is 0. The van der Waals surface area contributed by atoms with E-state index in [9.17, 15) is 10.1 Å². The van der Waals surface area contributed by atoms with E-state index in [2.05, 4.69) is 62.4 Å². The predicted molar refractivity (Wildman–Crippen MR) is 232 cm³/mol. The highest BCUT2D eigenvalue weighted by Crippen LogP contribution is 2.51. The van der Waals surface area contributed by atoms with Gasteiger partial charge in [0.25, 0.3) is 14.1 Å². The van der Waals surface area contributed by atoms with Crippen molar-refractivity contribution in [2.24, 2.45) is 0 Å². The van der Waals surface area contributed by atoms with Gasteiger partial charge in [-0.05, 0) is 88.1 Å². The van der Waals surface area contributed by atoms with Gasteiger partial charge < -0.3 is 28.0 Å². The maximum absolute atomic E-state index is 14.4. The molecule has 1 saturated heterocycles. The molecule has 4 atom stereocenters. The molecule has 10 nitrogen and oxygen atoms in total. The van der Waals surface area contributed by atoms with E-state index in [0.717, 1.165) is 33.2 Å². The third-order valence-corrected chi connectivity index (χ3v) is 12.7. The zero-order chi connectivity index (χ0) is 42.1. The van der Waals surface area contributed by atoms with E-state index in [1.54, 1.807) is 31.9 Å². The van der Waals surface area contributed by atoms with Crippen LogP contribution in [0.4, 0.5) is 0 Å². The number of fused-ring (bicyclic) bond motifs is 1. The summed E-state index contributed by atoms with van der Waals surface area (Å²) in [6.07, 6.45) is 0.407. The summed E-state index contributed by atoms with van der Waals surface area (Å²) in [7, 11) is 1.62. The van der Waals surface area contributed by atoms with E-state index in [1.165, 1.54) is 0 Å². The maximum atomic E-state index is 14.4. The Hall–Kier alpha value is -5.03. The summed E-state index contributed by atoms with van der Waals surface area (Å²) in [5, 5.41) is 10.8. The number of ether oxygens (including phenoxy) is 4. The summed E-state index contributed by atoms with van der Waals surface area (Å²) in [5.74, 6) is 7.68. The number of pyridine rings is 1. The smallest absolute Gasteiger partial charge is 0.260 e. The maximum Gasteiger partial charge on any atom is 0.260 e. The molecule has 2 heterocycles. The third-order valence-electron chi connectivity index (χ3n) is 10.6. The zero-order valence-corrected chi connectivity index (χ0v) is 36.1. The van der Waals surface area contributed by atoms with Gasteiger partial charge in [-0.25, -0.2) is 4.67 Å². The van der Waals surface area contributed by atoms with Gasteiger partial charge >= 0.3 is 0 Å². The number of methoxy groups -OCH3 is 2. The molecule has 5 aromatic rings. The second-order valence-corrected chi connectivity index (χ2v) is 16.4. The van der Waals surface area contributed by atoms with Crippen molar-refractivity contribution in [2.75, 3.05) is 27.4 Å². The first-order valence-electron chi connectivity index (χ1n) is 20.0. The van der Waals surface area contributed by atoms with Crippen LogP contribution in [0.15, 0.2) is 108 Å². The minimum atomic E-state index is -1.67. The van der Waals surface area contributed by atoms with E-state index in [-0.39, 0.29) is 37.3 Å². The van der Waals surface area contributed by atoms with Crippen LogP contribution in [0.25, 0.3) is 10.8 Å². The summed E-state index contributed by atoms with van der Waals surface area (Å²) in [6, 6.07) is 34.0. The lowest BCUT2D eigenvalue weighted by atomic mass is 9.80. The van der Waals surface area contributed by atoms with E-state index < -0.39 is 32.6 Å². The highest BCUT2D eigenvalue weighted by molar-refractivity contribution is 7.44. The quantitative estimate of drug-likeness (QED) is 0.0393. The Morgan fingerprint density at radius 2 is 1.49 bits per heavy atom. The first-order valence-corrected chi connectivity index (χ1v) is 21.2. The van der Waals surface area contributed by atoms with Crippen molar-refractivity contribution in [3.8, 4) is 29.4 Å². The molecule has 11 heteroatoms. The van der Waals surface area contributed by atoms with E-state index in [0.29, 0.717) is 23.3 Å². The Balaban J connectivity index is 1.48. The lowest BCUT2D eigenvalue weighted by Crippen LogP contribution is -2.39. The number of hydrogen-bond donors (Lipinski definition) is 0. The van der Waals surface area contributed by atoms with Gasteiger partial charge in [-0.15, -0.1) is 5.92 Å².